The lowest BCUT2D eigenvalue weighted by molar-refractivity contribution is -0.131. The van der Waals surface area contributed by atoms with Crippen molar-refractivity contribution in [2.75, 3.05) is 40.4 Å². The number of hydrogen-bond donors (Lipinski definition) is 1. The molecule has 1 aliphatic carbocycles. The average Bonchev–Trinajstić information content (AvgIpc) is 2.95. The van der Waals surface area contributed by atoms with E-state index in [0.717, 1.165) is 39.1 Å². The van der Waals surface area contributed by atoms with E-state index in [1.165, 1.54) is 5.56 Å². The quantitative estimate of drug-likeness (QED) is 0.824. The van der Waals surface area contributed by atoms with Gasteiger partial charge in [0.2, 0.25) is 5.91 Å². The molecule has 0 aromatic carbocycles. The number of nitrogens with one attached hydrogen (secondary N) is 1. The summed E-state index contributed by atoms with van der Waals surface area (Å²) >= 11 is 1.68. The van der Waals surface area contributed by atoms with Crippen molar-refractivity contribution in [2.24, 2.45) is 0 Å². The summed E-state index contributed by atoms with van der Waals surface area (Å²) in [6.45, 7) is 3.24. The van der Waals surface area contributed by atoms with Crippen LogP contribution in [0, 0.1) is 0 Å². The van der Waals surface area contributed by atoms with E-state index >= 15 is 0 Å². The number of carbonyl (C=O) groups is 1. The number of likely N-dealkylation sites (N-methyl/N-ethyl adjacent to an activating group) is 1. The fourth-order valence-electron chi connectivity index (χ4n) is 2.84. The zero-order chi connectivity index (χ0) is 14.9. The van der Waals surface area contributed by atoms with E-state index in [2.05, 4.69) is 34.1 Å². The number of thiophene rings is 1. The summed E-state index contributed by atoms with van der Waals surface area (Å²) in [4.78, 5) is 16.9. The summed E-state index contributed by atoms with van der Waals surface area (Å²) in [6.07, 6.45) is 1.99. The van der Waals surface area contributed by atoms with Crippen molar-refractivity contribution in [3.05, 3.63) is 22.4 Å². The fraction of sp³-hybridized carbons (Fsp3) is 0.667. The van der Waals surface area contributed by atoms with E-state index in [0.29, 0.717) is 0 Å². The van der Waals surface area contributed by atoms with Crippen LogP contribution in [0.5, 0.6) is 0 Å². The highest BCUT2D eigenvalue weighted by Crippen LogP contribution is 2.45. The summed E-state index contributed by atoms with van der Waals surface area (Å²) in [7, 11) is 3.78. The Balaban J connectivity index is 1.64. The maximum Gasteiger partial charge on any atom is 0.244 e. The molecule has 3 rings (SSSR count). The summed E-state index contributed by atoms with van der Waals surface area (Å²) in [5.74, 6) is 0.277. The Morgan fingerprint density at radius 2 is 2.33 bits per heavy atom. The molecule has 1 aromatic rings. The summed E-state index contributed by atoms with van der Waals surface area (Å²) in [5, 5.41) is 7.75. The van der Waals surface area contributed by atoms with Gasteiger partial charge in [-0.2, -0.15) is 11.3 Å². The third-order valence-electron chi connectivity index (χ3n) is 4.40. The normalized spacial score (nSPS) is 23.5. The first-order chi connectivity index (χ1) is 10.2. The Labute approximate surface area is 129 Å². The minimum atomic E-state index is -0.252. The van der Waals surface area contributed by atoms with Crippen LogP contribution in [-0.2, 0) is 9.53 Å². The smallest absolute Gasteiger partial charge is 0.244 e. The van der Waals surface area contributed by atoms with Crippen LogP contribution in [0.1, 0.15) is 24.6 Å². The van der Waals surface area contributed by atoms with Crippen molar-refractivity contribution in [1.29, 1.82) is 0 Å². The summed E-state index contributed by atoms with van der Waals surface area (Å²) in [5.41, 5.74) is 0.953. The Hall–Kier alpha value is -0.950. The lowest BCUT2D eigenvalue weighted by atomic mass is 10.2. The molecule has 1 atom stereocenters. The van der Waals surface area contributed by atoms with Gasteiger partial charge in [-0.05, 0) is 42.3 Å². The molecule has 1 amide bonds. The van der Waals surface area contributed by atoms with Crippen molar-refractivity contribution in [1.82, 2.24) is 15.1 Å². The lowest BCUT2D eigenvalue weighted by Gasteiger charge is -2.26. The predicted octanol–water partition coefficient (Wildman–Crippen LogP) is 1.29. The molecule has 5 nitrogen and oxygen atoms in total. The molecule has 1 N–H and O–H groups in total. The Bertz CT molecular complexity index is 487. The van der Waals surface area contributed by atoms with Gasteiger partial charge in [-0.25, -0.2) is 0 Å². The van der Waals surface area contributed by atoms with Crippen LogP contribution in [0.4, 0.5) is 0 Å². The van der Waals surface area contributed by atoms with Crippen LogP contribution < -0.4 is 5.32 Å². The highest BCUT2D eigenvalue weighted by molar-refractivity contribution is 7.07. The first-order valence-corrected chi connectivity index (χ1v) is 8.39. The Morgan fingerprint density at radius 1 is 1.52 bits per heavy atom. The van der Waals surface area contributed by atoms with Crippen molar-refractivity contribution in [3.8, 4) is 0 Å². The Kier molecular flexibility index (Phi) is 4.31. The zero-order valence-electron chi connectivity index (χ0n) is 12.7. The van der Waals surface area contributed by atoms with Gasteiger partial charge < -0.3 is 14.5 Å². The summed E-state index contributed by atoms with van der Waals surface area (Å²) in [6, 6.07) is 2.11. The predicted molar refractivity (Wildman–Crippen MR) is 83.2 cm³/mol. The van der Waals surface area contributed by atoms with Crippen LogP contribution in [0.25, 0.3) is 0 Å². The van der Waals surface area contributed by atoms with E-state index in [4.69, 9.17) is 4.74 Å². The van der Waals surface area contributed by atoms with Gasteiger partial charge in [0.05, 0.1) is 6.61 Å². The highest BCUT2D eigenvalue weighted by atomic mass is 32.1. The second-order valence-corrected chi connectivity index (χ2v) is 6.76. The molecule has 1 aliphatic heterocycles. The molecule has 21 heavy (non-hydrogen) atoms. The molecule has 6 heteroatoms. The second-order valence-electron chi connectivity index (χ2n) is 5.98. The first kappa shape index (κ1) is 15.0. The van der Waals surface area contributed by atoms with Gasteiger partial charge in [0, 0.05) is 26.7 Å². The second kappa shape index (κ2) is 6.04. The van der Waals surface area contributed by atoms with Crippen LogP contribution >= 0.6 is 11.3 Å². The SMILES string of the molecule is COCCN(C)CCN1C(=O)C2(CC2)NC1c1ccsc1. The molecule has 2 fully saturated rings. The molecule has 2 aliphatic rings. The average molecular weight is 309 g/mol. The minimum absolute atomic E-state index is 0.0436. The maximum absolute atomic E-state index is 12.6. The molecule has 1 saturated carbocycles. The first-order valence-electron chi connectivity index (χ1n) is 7.45. The van der Waals surface area contributed by atoms with E-state index in [1.807, 2.05) is 4.90 Å². The van der Waals surface area contributed by atoms with Gasteiger partial charge >= 0.3 is 0 Å². The molecular weight excluding hydrogens is 286 g/mol. The number of methoxy groups -OCH3 is 1. The van der Waals surface area contributed by atoms with Gasteiger partial charge in [-0.3, -0.25) is 10.1 Å². The molecule has 1 saturated heterocycles. The van der Waals surface area contributed by atoms with Gasteiger partial charge in [0.15, 0.2) is 0 Å². The van der Waals surface area contributed by atoms with E-state index in [-0.39, 0.29) is 17.6 Å². The number of carbonyl (C=O) groups excluding carboxylic acids is 1. The third kappa shape index (κ3) is 2.99. The van der Waals surface area contributed by atoms with E-state index < -0.39 is 0 Å². The fourth-order valence-corrected chi connectivity index (χ4v) is 3.52. The number of rotatable bonds is 7. The van der Waals surface area contributed by atoms with Gasteiger partial charge in [0.25, 0.3) is 0 Å². The highest BCUT2D eigenvalue weighted by Gasteiger charge is 2.59. The summed E-state index contributed by atoms with van der Waals surface area (Å²) < 4.78 is 5.10. The molecule has 116 valence electrons. The zero-order valence-corrected chi connectivity index (χ0v) is 13.5. The van der Waals surface area contributed by atoms with Crippen LogP contribution in [-0.4, -0.2) is 61.6 Å². The number of ether oxygens (including phenoxy) is 1. The van der Waals surface area contributed by atoms with Gasteiger partial charge in [-0.15, -0.1) is 0 Å². The van der Waals surface area contributed by atoms with Crippen LogP contribution in [0.15, 0.2) is 16.8 Å². The third-order valence-corrected chi connectivity index (χ3v) is 5.11. The molecule has 1 unspecified atom stereocenters. The standard InChI is InChI=1S/C15H23N3O2S/c1-17(8-9-20-2)6-7-18-13(12-3-10-21-11-12)16-15(4-5-15)14(18)19/h3,10-11,13,16H,4-9H2,1-2H3. The molecular formula is C15H23N3O2S. The number of hydrogen-bond acceptors (Lipinski definition) is 5. The van der Waals surface area contributed by atoms with Crippen molar-refractivity contribution in [3.63, 3.8) is 0 Å². The maximum atomic E-state index is 12.6. The van der Waals surface area contributed by atoms with Crippen LogP contribution in [0.2, 0.25) is 0 Å². The topological polar surface area (TPSA) is 44.8 Å². The lowest BCUT2D eigenvalue weighted by Crippen LogP contribution is -2.38. The van der Waals surface area contributed by atoms with Crippen molar-refractivity contribution >= 4 is 17.2 Å². The number of amides is 1. The van der Waals surface area contributed by atoms with Crippen molar-refractivity contribution < 1.29 is 9.53 Å². The van der Waals surface area contributed by atoms with Gasteiger partial charge in [-0.1, -0.05) is 0 Å². The van der Waals surface area contributed by atoms with E-state index in [9.17, 15) is 4.79 Å². The van der Waals surface area contributed by atoms with Crippen LogP contribution in [0.3, 0.4) is 0 Å². The monoisotopic (exact) mass is 309 g/mol. The molecule has 1 spiro atoms. The minimum Gasteiger partial charge on any atom is -0.383 e. The van der Waals surface area contributed by atoms with Gasteiger partial charge in [0.1, 0.15) is 11.7 Å². The molecule has 0 bridgehead atoms. The van der Waals surface area contributed by atoms with E-state index in [1.54, 1.807) is 18.4 Å². The number of nitrogens with zero attached hydrogens (tertiary/aromatic N) is 2. The molecule has 2 heterocycles. The molecule has 1 aromatic heterocycles. The largest absolute Gasteiger partial charge is 0.383 e. The molecule has 0 radical (unpaired) electrons. The Morgan fingerprint density at radius 3 is 2.95 bits per heavy atom. The van der Waals surface area contributed by atoms with Crippen molar-refractivity contribution in [2.45, 2.75) is 24.5 Å².